The smallest absolute Gasteiger partial charge is 0.326 e. The van der Waals surface area contributed by atoms with Gasteiger partial charge in [0.15, 0.2) is 11.5 Å². The van der Waals surface area contributed by atoms with Crippen molar-refractivity contribution in [3.63, 3.8) is 0 Å². The third-order valence-electron chi connectivity index (χ3n) is 3.76. The van der Waals surface area contributed by atoms with Crippen molar-refractivity contribution in [2.24, 2.45) is 0 Å². The number of aromatic nitrogens is 2. The van der Waals surface area contributed by atoms with Crippen molar-refractivity contribution in [3.05, 3.63) is 18.0 Å². The van der Waals surface area contributed by atoms with E-state index in [0.29, 0.717) is 11.5 Å². The molecule has 0 aliphatic carbocycles. The van der Waals surface area contributed by atoms with Crippen molar-refractivity contribution in [1.82, 2.24) is 9.55 Å². The van der Waals surface area contributed by atoms with Crippen molar-refractivity contribution in [2.45, 2.75) is 39.2 Å². The third-order valence-corrected chi connectivity index (χ3v) is 3.76. The van der Waals surface area contributed by atoms with Crippen LogP contribution in [0, 0.1) is 0 Å². The number of rotatable bonds is 5. The summed E-state index contributed by atoms with van der Waals surface area (Å²) < 4.78 is 12.5. The Kier molecular flexibility index (Phi) is 3.45. The Hall–Kier alpha value is -2.24. The van der Waals surface area contributed by atoms with Crippen LogP contribution in [0.3, 0.4) is 0 Å². The minimum Gasteiger partial charge on any atom is -0.480 e. The highest BCUT2D eigenvalue weighted by Crippen LogP contribution is 2.37. The minimum atomic E-state index is -0.871. The summed E-state index contributed by atoms with van der Waals surface area (Å²) in [7, 11) is 0. The molecule has 2 aromatic rings. The van der Waals surface area contributed by atoms with Gasteiger partial charge in [-0.1, -0.05) is 13.3 Å². The molecule has 0 fully saturated rings. The number of benzene rings is 1. The minimum absolute atomic E-state index is 0.194. The average molecular weight is 290 g/mol. The standard InChI is InChI=1S/C15H18N2O4/c1-3-4-5-14-16-10-6-12-13(21-8-20-12)7-11(10)17(14)9(2)15(18)19/h6-7,9H,3-5,8H2,1-2H3,(H,18,19). The summed E-state index contributed by atoms with van der Waals surface area (Å²) >= 11 is 0. The molecule has 21 heavy (non-hydrogen) atoms. The fourth-order valence-electron chi connectivity index (χ4n) is 2.59. The first-order valence-corrected chi connectivity index (χ1v) is 7.15. The van der Waals surface area contributed by atoms with E-state index in [4.69, 9.17) is 9.47 Å². The highest BCUT2D eigenvalue weighted by Gasteiger charge is 2.24. The molecule has 1 unspecified atom stereocenters. The van der Waals surface area contributed by atoms with Crippen molar-refractivity contribution in [2.75, 3.05) is 6.79 Å². The van der Waals surface area contributed by atoms with E-state index < -0.39 is 12.0 Å². The number of nitrogens with zero attached hydrogens (tertiary/aromatic N) is 2. The van der Waals surface area contributed by atoms with E-state index in [1.165, 1.54) is 0 Å². The molecule has 3 rings (SSSR count). The van der Waals surface area contributed by atoms with Crippen LogP contribution in [0.5, 0.6) is 11.5 Å². The predicted molar refractivity (Wildman–Crippen MR) is 76.8 cm³/mol. The number of fused-ring (bicyclic) bond motifs is 2. The molecule has 0 radical (unpaired) electrons. The molecule has 6 nitrogen and oxygen atoms in total. The maximum atomic E-state index is 11.4. The molecule has 6 heteroatoms. The van der Waals surface area contributed by atoms with Crippen LogP contribution in [-0.4, -0.2) is 27.4 Å². The van der Waals surface area contributed by atoms with Gasteiger partial charge in [-0.15, -0.1) is 0 Å². The number of aryl methyl sites for hydroxylation is 1. The largest absolute Gasteiger partial charge is 0.480 e. The summed E-state index contributed by atoms with van der Waals surface area (Å²) in [6.07, 6.45) is 2.77. The van der Waals surface area contributed by atoms with Gasteiger partial charge >= 0.3 is 5.97 Å². The Morgan fingerprint density at radius 3 is 2.81 bits per heavy atom. The zero-order valence-corrected chi connectivity index (χ0v) is 12.1. The summed E-state index contributed by atoms with van der Waals surface area (Å²) in [4.78, 5) is 16.0. The van der Waals surface area contributed by atoms with Crippen LogP contribution in [0.15, 0.2) is 12.1 Å². The van der Waals surface area contributed by atoms with Gasteiger partial charge < -0.3 is 19.1 Å². The van der Waals surface area contributed by atoms with Crippen LogP contribution >= 0.6 is 0 Å². The molecule has 1 N–H and O–H groups in total. The molecule has 112 valence electrons. The second-order valence-electron chi connectivity index (χ2n) is 5.21. The number of unbranched alkanes of at least 4 members (excludes halogenated alkanes) is 1. The zero-order valence-electron chi connectivity index (χ0n) is 12.1. The fourth-order valence-corrected chi connectivity index (χ4v) is 2.59. The lowest BCUT2D eigenvalue weighted by Gasteiger charge is -2.13. The maximum absolute atomic E-state index is 11.4. The van der Waals surface area contributed by atoms with Crippen LogP contribution in [0.4, 0.5) is 0 Å². The van der Waals surface area contributed by atoms with Crippen LogP contribution in [0.1, 0.15) is 38.6 Å². The van der Waals surface area contributed by atoms with Crippen LogP contribution < -0.4 is 9.47 Å². The van der Waals surface area contributed by atoms with Crippen molar-refractivity contribution in [1.29, 1.82) is 0 Å². The first kappa shape index (κ1) is 13.7. The van der Waals surface area contributed by atoms with E-state index in [0.717, 1.165) is 36.1 Å². The molecule has 1 atom stereocenters. The summed E-state index contributed by atoms with van der Waals surface area (Å²) in [5, 5.41) is 9.35. The van der Waals surface area contributed by atoms with Gasteiger partial charge in [0.1, 0.15) is 11.9 Å². The number of carboxylic acids is 1. The SMILES string of the molecule is CCCCc1nc2cc3c(cc2n1C(C)C(=O)O)OCO3. The Labute approximate surface area is 122 Å². The molecule has 1 aromatic carbocycles. The number of ether oxygens (including phenoxy) is 2. The lowest BCUT2D eigenvalue weighted by atomic mass is 10.2. The molecule has 1 aromatic heterocycles. The van der Waals surface area contributed by atoms with Gasteiger partial charge in [0.05, 0.1) is 11.0 Å². The number of carboxylic acid groups (broad SMARTS) is 1. The van der Waals surface area contributed by atoms with Gasteiger partial charge in [0, 0.05) is 18.6 Å². The van der Waals surface area contributed by atoms with Gasteiger partial charge in [0.2, 0.25) is 6.79 Å². The first-order chi connectivity index (χ1) is 10.1. The van der Waals surface area contributed by atoms with Gasteiger partial charge in [-0.05, 0) is 13.3 Å². The summed E-state index contributed by atoms with van der Waals surface area (Å²) in [5.74, 6) is 1.23. The molecule has 0 saturated heterocycles. The third kappa shape index (κ3) is 2.30. The Morgan fingerprint density at radius 1 is 1.43 bits per heavy atom. The second kappa shape index (κ2) is 5.27. The fraction of sp³-hybridized carbons (Fsp3) is 0.467. The lowest BCUT2D eigenvalue weighted by molar-refractivity contribution is -0.140. The molecule has 0 saturated carbocycles. The molecule has 0 spiro atoms. The highest BCUT2D eigenvalue weighted by atomic mass is 16.7. The zero-order chi connectivity index (χ0) is 15.0. The van der Waals surface area contributed by atoms with E-state index in [-0.39, 0.29) is 6.79 Å². The van der Waals surface area contributed by atoms with E-state index in [2.05, 4.69) is 11.9 Å². The molecule has 0 bridgehead atoms. The summed E-state index contributed by atoms with van der Waals surface area (Å²) in [5.41, 5.74) is 1.53. The maximum Gasteiger partial charge on any atom is 0.326 e. The van der Waals surface area contributed by atoms with Crippen LogP contribution in [0.2, 0.25) is 0 Å². The number of hydrogen-bond acceptors (Lipinski definition) is 4. The topological polar surface area (TPSA) is 73.6 Å². The Balaban J connectivity index is 2.16. The average Bonchev–Trinajstić information content (AvgIpc) is 3.04. The van der Waals surface area contributed by atoms with E-state index in [9.17, 15) is 9.90 Å². The van der Waals surface area contributed by atoms with Crippen molar-refractivity contribution < 1.29 is 19.4 Å². The molecule has 1 aliphatic rings. The molecular weight excluding hydrogens is 272 g/mol. The highest BCUT2D eigenvalue weighted by molar-refractivity contribution is 5.83. The second-order valence-corrected chi connectivity index (χ2v) is 5.21. The monoisotopic (exact) mass is 290 g/mol. The quantitative estimate of drug-likeness (QED) is 0.916. The normalized spacial score (nSPS) is 14.6. The summed E-state index contributed by atoms with van der Waals surface area (Å²) in [6.45, 7) is 3.96. The predicted octanol–water partition coefficient (Wildman–Crippen LogP) is 2.75. The number of hydrogen-bond donors (Lipinski definition) is 1. The van der Waals surface area contributed by atoms with Crippen LogP contribution in [0.25, 0.3) is 11.0 Å². The van der Waals surface area contributed by atoms with E-state index >= 15 is 0 Å². The van der Waals surface area contributed by atoms with Crippen molar-refractivity contribution in [3.8, 4) is 11.5 Å². The Morgan fingerprint density at radius 2 is 2.14 bits per heavy atom. The Bertz CT molecular complexity index is 693. The molecular formula is C15H18N2O4. The first-order valence-electron chi connectivity index (χ1n) is 7.15. The van der Waals surface area contributed by atoms with Gasteiger partial charge in [-0.25, -0.2) is 9.78 Å². The number of carbonyl (C=O) groups is 1. The van der Waals surface area contributed by atoms with E-state index in [1.807, 2.05) is 12.1 Å². The molecule has 0 amide bonds. The van der Waals surface area contributed by atoms with Gasteiger partial charge in [-0.2, -0.15) is 0 Å². The number of aliphatic carboxylic acids is 1. The molecule has 1 aliphatic heterocycles. The van der Waals surface area contributed by atoms with Crippen molar-refractivity contribution >= 4 is 17.0 Å². The van der Waals surface area contributed by atoms with Gasteiger partial charge in [-0.3, -0.25) is 0 Å². The van der Waals surface area contributed by atoms with Crippen LogP contribution in [-0.2, 0) is 11.2 Å². The number of imidazole rings is 1. The molecule has 2 heterocycles. The van der Waals surface area contributed by atoms with Gasteiger partial charge in [0.25, 0.3) is 0 Å². The van der Waals surface area contributed by atoms with E-state index in [1.54, 1.807) is 11.5 Å². The lowest BCUT2D eigenvalue weighted by Crippen LogP contribution is -2.18. The summed E-state index contributed by atoms with van der Waals surface area (Å²) in [6, 6.07) is 2.97.